The highest BCUT2D eigenvalue weighted by Gasteiger charge is 2.32. The lowest BCUT2D eigenvalue weighted by Gasteiger charge is -2.46. The summed E-state index contributed by atoms with van der Waals surface area (Å²) >= 11 is 0. The van der Waals surface area contributed by atoms with E-state index in [0.29, 0.717) is 23.4 Å². The molecular formula is C14H23N5O2S. The molecule has 0 saturated heterocycles. The van der Waals surface area contributed by atoms with Crippen molar-refractivity contribution in [3.8, 4) is 0 Å². The summed E-state index contributed by atoms with van der Waals surface area (Å²) in [5, 5.41) is 4.02. The molecule has 0 aliphatic rings. The largest absolute Gasteiger partial charge is 0.374 e. The van der Waals surface area contributed by atoms with Crippen LogP contribution in [0.5, 0.6) is 0 Å². The van der Waals surface area contributed by atoms with Crippen molar-refractivity contribution in [2.75, 3.05) is 36.0 Å². The van der Waals surface area contributed by atoms with Gasteiger partial charge in [0.1, 0.15) is 5.65 Å². The Kier molecular flexibility index (Phi) is 4.92. The van der Waals surface area contributed by atoms with Crippen molar-refractivity contribution in [1.82, 2.24) is 15.0 Å². The second kappa shape index (κ2) is 6.53. The molecule has 0 aromatic carbocycles. The van der Waals surface area contributed by atoms with Crippen LogP contribution in [0.2, 0.25) is 0 Å². The number of carbonyl (C=O) groups is 1. The number of nitrogens with zero attached hydrogens (tertiary/aromatic N) is 3. The summed E-state index contributed by atoms with van der Waals surface area (Å²) in [6.45, 7) is 4.19. The first kappa shape index (κ1) is 16.6. The van der Waals surface area contributed by atoms with Gasteiger partial charge in [-0.2, -0.15) is 9.97 Å². The zero-order valence-electron chi connectivity index (χ0n) is 13.6. The highest BCUT2D eigenvalue weighted by molar-refractivity contribution is 8.35. The average Bonchev–Trinajstić information content (AvgIpc) is 2.96. The Morgan fingerprint density at radius 3 is 2.77 bits per heavy atom. The van der Waals surface area contributed by atoms with Gasteiger partial charge in [-0.1, -0.05) is 13.8 Å². The zero-order chi connectivity index (χ0) is 16.3. The lowest BCUT2D eigenvalue weighted by molar-refractivity contribution is -0.106. The molecule has 8 heteroatoms. The third-order valence-electron chi connectivity index (χ3n) is 3.75. The van der Waals surface area contributed by atoms with Gasteiger partial charge < -0.3 is 15.0 Å². The maximum absolute atomic E-state index is 11.9. The first-order valence-electron chi connectivity index (χ1n) is 6.99. The molecule has 0 bridgehead atoms. The number of aromatic amines is 1. The Balaban J connectivity index is 2.64. The van der Waals surface area contributed by atoms with Crippen LogP contribution >= 0.6 is 10.2 Å². The third kappa shape index (κ3) is 2.76. The van der Waals surface area contributed by atoms with Crippen LogP contribution in [0.4, 0.5) is 11.8 Å². The lowest BCUT2D eigenvalue weighted by atomic mass is 10.4. The van der Waals surface area contributed by atoms with E-state index < -0.39 is 10.2 Å². The van der Waals surface area contributed by atoms with E-state index in [1.165, 1.54) is 0 Å². The van der Waals surface area contributed by atoms with Crippen molar-refractivity contribution < 1.29 is 9.53 Å². The molecule has 2 aromatic rings. The maximum atomic E-state index is 11.9. The molecule has 0 aliphatic carbocycles. The van der Waals surface area contributed by atoms with Gasteiger partial charge >= 0.3 is 0 Å². The van der Waals surface area contributed by atoms with E-state index in [1.54, 1.807) is 24.7 Å². The summed E-state index contributed by atoms with van der Waals surface area (Å²) in [7, 11) is 1.87. The summed E-state index contributed by atoms with van der Waals surface area (Å²) in [5.74, 6) is 1.57. The van der Waals surface area contributed by atoms with Crippen LogP contribution in [0, 0.1) is 0 Å². The predicted octanol–water partition coefficient (Wildman–Crippen LogP) is 2.32. The highest BCUT2D eigenvalue weighted by Crippen LogP contribution is 2.54. The maximum Gasteiger partial charge on any atom is 0.226 e. The first-order chi connectivity index (χ1) is 10.5. The topological polar surface area (TPSA) is 83.1 Å². The standard InChI is InChI=1S/C14H23N5O2S/c1-10(2)22(5,9-21-4)19(8-20)13-11-6-7-16-12(11)17-14(15-3)18-13/h6-8,10H,9H2,1-5H3,(H2,15,16,17,18). The van der Waals surface area contributed by atoms with Gasteiger partial charge in [0.25, 0.3) is 0 Å². The van der Waals surface area contributed by atoms with E-state index in [-0.39, 0.29) is 5.25 Å². The van der Waals surface area contributed by atoms with Gasteiger partial charge in [-0.05, 0) is 12.3 Å². The van der Waals surface area contributed by atoms with Crippen molar-refractivity contribution in [2.45, 2.75) is 19.1 Å². The fraction of sp³-hybridized carbons (Fsp3) is 0.500. The van der Waals surface area contributed by atoms with Gasteiger partial charge in [-0.3, -0.25) is 9.10 Å². The number of methoxy groups -OCH3 is 1. The fourth-order valence-corrected chi connectivity index (χ4v) is 4.26. The summed E-state index contributed by atoms with van der Waals surface area (Å²) in [6.07, 6.45) is 4.72. The molecule has 22 heavy (non-hydrogen) atoms. The molecule has 1 unspecified atom stereocenters. The predicted molar refractivity (Wildman–Crippen MR) is 92.5 cm³/mol. The Morgan fingerprint density at radius 2 is 2.23 bits per heavy atom. The van der Waals surface area contributed by atoms with Gasteiger partial charge in [0.2, 0.25) is 12.4 Å². The Bertz CT molecular complexity index is 660. The molecule has 2 rings (SSSR count). The van der Waals surface area contributed by atoms with Crippen molar-refractivity contribution in [3.05, 3.63) is 12.3 Å². The molecule has 1 amide bonds. The molecular weight excluding hydrogens is 302 g/mol. The molecule has 2 aromatic heterocycles. The molecule has 2 heterocycles. The third-order valence-corrected chi connectivity index (χ3v) is 7.65. The first-order valence-corrected chi connectivity index (χ1v) is 9.22. The van der Waals surface area contributed by atoms with Crippen LogP contribution in [0.3, 0.4) is 0 Å². The Hall–Kier alpha value is -1.80. The number of ether oxygens (including phenoxy) is 1. The SMILES string of the molecule is CNc1nc(N(C=O)S(C)(COC)C(C)C)c2cc[nH]c2n1. The molecule has 0 radical (unpaired) electrons. The molecule has 1 atom stereocenters. The van der Waals surface area contributed by atoms with Crippen LogP contribution in [-0.2, 0) is 9.53 Å². The number of carbonyl (C=O) groups excluding carboxylic acids is 1. The van der Waals surface area contributed by atoms with Crippen molar-refractivity contribution in [2.24, 2.45) is 0 Å². The second-order valence-corrected chi connectivity index (χ2v) is 9.14. The number of hydrogen-bond donors (Lipinski definition) is 2. The average molecular weight is 325 g/mol. The van der Waals surface area contributed by atoms with Crippen LogP contribution < -0.4 is 9.62 Å². The number of anilines is 2. The number of fused-ring (bicyclic) bond motifs is 1. The van der Waals surface area contributed by atoms with Gasteiger partial charge in [-0.25, -0.2) is 0 Å². The van der Waals surface area contributed by atoms with Crippen molar-refractivity contribution >= 4 is 39.4 Å². The molecule has 0 aliphatic heterocycles. The minimum atomic E-state index is -1.53. The van der Waals surface area contributed by atoms with E-state index in [4.69, 9.17) is 4.74 Å². The second-order valence-electron chi connectivity index (χ2n) is 5.36. The van der Waals surface area contributed by atoms with E-state index >= 15 is 0 Å². The van der Waals surface area contributed by atoms with Crippen LogP contribution in [-0.4, -0.2) is 53.0 Å². The molecule has 0 fully saturated rings. The summed E-state index contributed by atoms with van der Waals surface area (Å²) in [6, 6.07) is 1.88. The number of nitrogens with one attached hydrogen (secondary N) is 2. The van der Waals surface area contributed by atoms with E-state index in [2.05, 4.69) is 40.4 Å². The van der Waals surface area contributed by atoms with Crippen LogP contribution in [0.1, 0.15) is 13.8 Å². The summed E-state index contributed by atoms with van der Waals surface area (Å²) < 4.78 is 7.11. The number of hydrogen-bond acceptors (Lipinski definition) is 5. The van der Waals surface area contributed by atoms with Gasteiger partial charge in [0.15, 0.2) is 5.82 Å². The Morgan fingerprint density at radius 1 is 1.50 bits per heavy atom. The van der Waals surface area contributed by atoms with E-state index in [9.17, 15) is 4.79 Å². The molecule has 122 valence electrons. The van der Waals surface area contributed by atoms with Gasteiger partial charge in [0.05, 0.1) is 11.3 Å². The number of rotatable bonds is 7. The zero-order valence-corrected chi connectivity index (χ0v) is 14.4. The quantitative estimate of drug-likeness (QED) is 0.763. The normalized spacial score (nSPS) is 15.5. The number of aromatic nitrogens is 3. The van der Waals surface area contributed by atoms with E-state index in [1.807, 2.05) is 6.07 Å². The van der Waals surface area contributed by atoms with Crippen LogP contribution in [0.25, 0.3) is 11.0 Å². The number of amides is 1. The molecule has 7 nitrogen and oxygen atoms in total. The minimum absolute atomic E-state index is 0.264. The highest BCUT2D eigenvalue weighted by atomic mass is 32.3. The monoisotopic (exact) mass is 325 g/mol. The van der Waals surface area contributed by atoms with Gasteiger partial charge in [-0.15, -0.1) is 10.2 Å². The summed E-state index contributed by atoms with van der Waals surface area (Å²) in [5.41, 5.74) is 0.698. The van der Waals surface area contributed by atoms with Crippen LogP contribution in [0.15, 0.2) is 12.3 Å². The fourth-order valence-electron chi connectivity index (χ4n) is 2.21. The molecule has 0 spiro atoms. The van der Waals surface area contributed by atoms with Crippen molar-refractivity contribution in [1.29, 1.82) is 0 Å². The van der Waals surface area contributed by atoms with Gasteiger partial charge in [0, 0.05) is 25.6 Å². The molecule has 0 saturated carbocycles. The number of H-pyrrole nitrogens is 1. The molecule has 2 N–H and O–H groups in total. The lowest BCUT2D eigenvalue weighted by Crippen LogP contribution is -2.35. The summed E-state index contributed by atoms with van der Waals surface area (Å²) in [4.78, 5) is 23.8. The minimum Gasteiger partial charge on any atom is -0.374 e. The smallest absolute Gasteiger partial charge is 0.226 e. The van der Waals surface area contributed by atoms with E-state index in [0.717, 1.165) is 11.8 Å². The van der Waals surface area contributed by atoms with Crippen molar-refractivity contribution in [3.63, 3.8) is 0 Å². The Labute approximate surface area is 131 Å².